The topological polar surface area (TPSA) is 52.0 Å². The highest BCUT2D eigenvalue weighted by Crippen LogP contribution is 2.37. The minimum absolute atomic E-state index is 0.359. The van der Waals surface area contributed by atoms with Gasteiger partial charge in [-0.05, 0) is 19.9 Å². The van der Waals surface area contributed by atoms with Crippen molar-refractivity contribution in [3.8, 4) is 0 Å². The maximum absolute atomic E-state index is 5.50. The Labute approximate surface area is 88.8 Å². The van der Waals surface area contributed by atoms with E-state index in [4.69, 9.17) is 4.74 Å². The molecule has 2 aliphatic rings. The standard InChI is InChI=1S/C10H16N4O/c1-11-9-5-15-4-8(9)10-13-12-6-14(10)7-2-3-7/h6-9,11H,2-5H2,1H3. The Hall–Kier alpha value is -0.940. The van der Waals surface area contributed by atoms with E-state index < -0.39 is 0 Å². The number of nitrogens with one attached hydrogen (secondary N) is 1. The lowest BCUT2D eigenvalue weighted by Crippen LogP contribution is -2.32. The molecule has 15 heavy (non-hydrogen) atoms. The quantitative estimate of drug-likeness (QED) is 0.777. The van der Waals surface area contributed by atoms with Gasteiger partial charge in [-0.1, -0.05) is 0 Å². The van der Waals surface area contributed by atoms with Gasteiger partial charge in [0.1, 0.15) is 12.2 Å². The van der Waals surface area contributed by atoms with Gasteiger partial charge in [0.15, 0.2) is 0 Å². The summed E-state index contributed by atoms with van der Waals surface area (Å²) in [5, 5.41) is 11.6. The molecule has 0 amide bonds. The summed E-state index contributed by atoms with van der Waals surface area (Å²) >= 11 is 0. The van der Waals surface area contributed by atoms with Crippen LogP contribution in [0, 0.1) is 0 Å². The zero-order chi connectivity index (χ0) is 10.3. The van der Waals surface area contributed by atoms with Gasteiger partial charge < -0.3 is 14.6 Å². The fourth-order valence-electron chi connectivity index (χ4n) is 2.24. The highest BCUT2D eigenvalue weighted by atomic mass is 16.5. The Balaban J connectivity index is 1.87. The molecule has 3 rings (SSSR count). The molecule has 82 valence electrons. The molecule has 0 bridgehead atoms. The van der Waals surface area contributed by atoms with Crippen molar-refractivity contribution in [1.29, 1.82) is 0 Å². The monoisotopic (exact) mass is 208 g/mol. The fourth-order valence-corrected chi connectivity index (χ4v) is 2.24. The molecule has 1 aromatic heterocycles. The van der Waals surface area contributed by atoms with Gasteiger partial charge in [0, 0.05) is 12.1 Å². The van der Waals surface area contributed by atoms with Crippen LogP contribution in [0.5, 0.6) is 0 Å². The summed E-state index contributed by atoms with van der Waals surface area (Å²) in [6.45, 7) is 1.54. The van der Waals surface area contributed by atoms with E-state index in [0.717, 1.165) is 19.0 Å². The minimum Gasteiger partial charge on any atom is -0.379 e. The number of hydrogen-bond donors (Lipinski definition) is 1. The molecule has 1 N–H and O–H groups in total. The van der Waals surface area contributed by atoms with Gasteiger partial charge in [0.05, 0.1) is 19.1 Å². The normalized spacial score (nSPS) is 31.0. The minimum atomic E-state index is 0.359. The van der Waals surface area contributed by atoms with Crippen LogP contribution < -0.4 is 5.32 Å². The molecular weight excluding hydrogens is 192 g/mol. The average Bonchev–Trinajstić information content (AvgIpc) is 2.83. The van der Waals surface area contributed by atoms with E-state index in [1.165, 1.54) is 12.8 Å². The summed E-state index contributed by atoms with van der Waals surface area (Å²) in [5.74, 6) is 1.45. The number of likely N-dealkylation sites (N-methyl/N-ethyl adjacent to an activating group) is 1. The van der Waals surface area contributed by atoms with Crippen molar-refractivity contribution in [3.63, 3.8) is 0 Å². The van der Waals surface area contributed by atoms with Crippen molar-refractivity contribution in [2.45, 2.75) is 30.8 Å². The van der Waals surface area contributed by atoms with Crippen molar-refractivity contribution in [3.05, 3.63) is 12.2 Å². The zero-order valence-corrected chi connectivity index (χ0v) is 8.89. The van der Waals surface area contributed by atoms with Gasteiger partial charge in [-0.15, -0.1) is 10.2 Å². The first-order valence-electron chi connectivity index (χ1n) is 5.54. The lowest BCUT2D eigenvalue weighted by molar-refractivity contribution is 0.187. The summed E-state index contributed by atoms with van der Waals surface area (Å²) in [5.41, 5.74) is 0. The van der Waals surface area contributed by atoms with Crippen LogP contribution >= 0.6 is 0 Å². The number of hydrogen-bond acceptors (Lipinski definition) is 4. The molecule has 1 aliphatic carbocycles. The molecule has 5 heteroatoms. The van der Waals surface area contributed by atoms with Gasteiger partial charge in [-0.3, -0.25) is 0 Å². The molecule has 1 aliphatic heterocycles. The van der Waals surface area contributed by atoms with Crippen molar-refractivity contribution in [2.24, 2.45) is 0 Å². The SMILES string of the molecule is CNC1COCC1c1nncn1C1CC1. The molecule has 5 nitrogen and oxygen atoms in total. The molecule has 2 fully saturated rings. The molecule has 2 atom stereocenters. The lowest BCUT2D eigenvalue weighted by Gasteiger charge is -2.16. The molecule has 0 spiro atoms. The predicted molar refractivity (Wildman–Crippen MR) is 54.7 cm³/mol. The number of ether oxygens (including phenoxy) is 1. The second-order valence-electron chi connectivity index (χ2n) is 4.37. The summed E-state index contributed by atoms with van der Waals surface area (Å²) in [6.07, 6.45) is 4.39. The van der Waals surface area contributed by atoms with Crippen LogP contribution in [0.2, 0.25) is 0 Å². The van der Waals surface area contributed by atoms with Gasteiger partial charge >= 0.3 is 0 Å². The Morgan fingerprint density at radius 1 is 1.47 bits per heavy atom. The van der Waals surface area contributed by atoms with Crippen LogP contribution in [0.15, 0.2) is 6.33 Å². The number of aromatic nitrogens is 3. The molecular formula is C10H16N4O. The molecule has 2 heterocycles. The van der Waals surface area contributed by atoms with Crippen LogP contribution in [0.1, 0.15) is 30.6 Å². The number of nitrogens with zero attached hydrogens (tertiary/aromatic N) is 3. The van der Waals surface area contributed by atoms with Gasteiger partial charge in [-0.2, -0.15) is 0 Å². The maximum atomic E-state index is 5.50. The molecule has 0 radical (unpaired) electrons. The summed E-state index contributed by atoms with van der Waals surface area (Å²) in [7, 11) is 1.98. The Morgan fingerprint density at radius 2 is 2.33 bits per heavy atom. The molecule has 2 unspecified atom stereocenters. The van der Waals surface area contributed by atoms with Crippen molar-refractivity contribution >= 4 is 0 Å². The third-order valence-electron chi connectivity index (χ3n) is 3.32. The fraction of sp³-hybridized carbons (Fsp3) is 0.800. The first kappa shape index (κ1) is 9.30. The second-order valence-corrected chi connectivity index (χ2v) is 4.37. The first-order chi connectivity index (χ1) is 7.40. The highest BCUT2D eigenvalue weighted by molar-refractivity contribution is 5.07. The highest BCUT2D eigenvalue weighted by Gasteiger charge is 2.35. The van der Waals surface area contributed by atoms with E-state index in [1.54, 1.807) is 0 Å². The van der Waals surface area contributed by atoms with Gasteiger partial charge in [0.25, 0.3) is 0 Å². The summed E-state index contributed by atoms with van der Waals surface area (Å²) in [4.78, 5) is 0. The van der Waals surface area contributed by atoms with E-state index in [2.05, 4.69) is 20.1 Å². The van der Waals surface area contributed by atoms with E-state index in [9.17, 15) is 0 Å². The van der Waals surface area contributed by atoms with Crippen molar-refractivity contribution in [2.75, 3.05) is 20.3 Å². The lowest BCUT2D eigenvalue weighted by atomic mass is 10.0. The Morgan fingerprint density at radius 3 is 3.07 bits per heavy atom. The summed E-state index contributed by atoms with van der Waals surface area (Å²) in [6, 6.07) is 1.03. The first-order valence-corrected chi connectivity index (χ1v) is 5.54. The third-order valence-corrected chi connectivity index (χ3v) is 3.32. The molecule has 0 aromatic carbocycles. The van der Waals surface area contributed by atoms with Crippen molar-refractivity contribution in [1.82, 2.24) is 20.1 Å². The molecule has 1 aromatic rings. The van der Waals surface area contributed by atoms with Crippen LogP contribution in [0.4, 0.5) is 0 Å². The number of rotatable bonds is 3. The van der Waals surface area contributed by atoms with Gasteiger partial charge in [0.2, 0.25) is 0 Å². The second kappa shape index (κ2) is 3.57. The Bertz CT molecular complexity index is 347. The Kier molecular flexibility index (Phi) is 2.21. The molecule has 1 saturated heterocycles. The van der Waals surface area contributed by atoms with Gasteiger partial charge in [-0.25, -0.2) is 0 Å². The summed E-state index contributed by atoms with van der Waals surface area (Å²) < 4.78 is 7.72. The van der Waals surface area contributed by atoms with E-state index in [1.807, 2.05) is 13.4 Å². The van der Waals surface area contributed by atoms with Crippen LogP contribution in [-0.4, -0.2) is 41.1 Å². The van der Waals surface area contributed by atoms with E-state index >= 15 is 0 Å². The van der Waals surface area contributed by atoms with Crippen LogP contribution in [0.25, 0.3) is 0 Å². The zero-order valence-electron chi connectivity index (χ0n) is 8.89. The van der Waals surface area contributed by atoms with Crippen LogP contribution in [0.3, 0.4) is 0 Å². The molecule has 1 saturated carbocycles. The van der Waals surface area contributed by atoms with Crippen molar-refractivity contribution < 1.29 is 4.74 Å². The van der Waals surface area contributed by atoms with Crippen LogP contribution in [-0.2, 0) is 4.74 Å². The largest absolute Gasteiger partial charge is 0.379 e. The van der Waals surface area contributed by atoms with E-state index in [-0.39, 0.29) is 0 Å². The smallest absolute Gasteiger partial charge is 0.140 e. The average molecular weight is 208 g/mol. The predicted octanol–water partition coefficient (Wildman–Crippen LogP) is 0.315. The third kappa shape index (κ3) is 1.55. The maximum Gasteiger partial charge on any atom is 0.140 e. The van der Waals surface area contributed by atoms with E-state index in [0.29, 0.717) is 18.0 Å².